The molecule has 0 bridgehead atoms. The van der Waals surface area contributed by atoms with Crippen LogP contribution in [-0.4, -0.2) is 29.5 Å². The maximum atomic E-state index is 12.3. The maximum absolute atomic E-state index is 12.3. The lowest BCUT2D eigenvalue weighted by Crippen LogP contribution is -2.39. The first kappa shape index (κ1) is 17.0. The summed E-state index contributed by atoms with van der Waals surface area (Å²) in [6.45, 7) is 6.47. The van der Waals surface area contributed by atoms with E-state index in [1.54, 1.807) is 17.2 Å². The summed E-state index contributed by atoms with van der Waals surface area (Å²) in [5.74, 6) is 0.509. The Morgan fingerprint density at radius 2 is 1.96 bits per heavy atom. The molecule has 1 atom stereocenters. The average Bonchev–Trinajstić information content (AvgIpc) is 2.90. The van der Waals surface area contributed by atoms with E-state index >= 15 is 0 Å². The van der Waals surface area contributed by atoms with E-state index in [1.807, 2.05) is 45.0 Å². The van der Waals surface area contributed by atoms with Gasteiger partial charge in [-0.05, 0) is 61.7 Å². The highest BCUT2D eigenvalue weighted by Crippen LogP contribution is 2.24. The summed E-state index contributed by atoms with van der Waals surface area (Å²) >= 11 is 0. The quantitative estimate of drug-likeness (QED) is 0.903. The van der Waals surface area contributed by atoms with Gasteiger partial charge in [0.2, 0.25) is 5.91 Å². The highest BCUT2D eigenvalue weighted by molar-refractivity contribution is 5.97. The highest BCUT2D eigenvalue weighted by atomic mass is 16.2. The molecule has 1 aromatic heterocycles. The summed E-state index contributed by atoms with van der Waals surface area (Å²) in [6, 6.07) is 9.04. The minimum atomic E-state index is -0.349. The van der Waals surface area contributed by atoms with Crippen LogP contribution in [0.3, 0.4) is 0 Å². The smallest absolute Gasteiger partial charge is 0.320 e. The van der Waals surface area contributed by atoms with Crippen LogP contribution < -0.4 is 15.5 Å². The van der Waals surface area contributed by atoms with Gasteiger partial charge in [-0.25, -0.2) is 9.78 Å². The van der Waals surface area contributed by atoms with Crippen molar-refractivity contribution in [3.63, 3.8) is 0 Å². The molecule has 3 amide bonds. The number of hydrogen-bond acceptors (Lipinski definition) is 3. The molecule has 3 rings (SSSR count). The van der Waals surface area contributed by atoms with Crippen molar-refractivity contribution in [2.75, 3.05) is 16.8 Å². The van der Waals surface area contributed by atoms with Crippen molar-refractivity contribution < 1.29 is 9.59 Å². The van der Waals surface area contributed by atoms with Gasteiger partial charge in [-0.3, -0.25) is 10.1 Å². The Hall–Kier alpha value is -2.89. The van der Waals surface area contributed by atoms with Gasteiger partial charge in [-0.15, -0.1) is 0 Å². The normalized spacial score (nSPS) is 16.8. The molecule has 1 fully saturated rings. The molecule has 2 N–H and O–H groups in total. The number of anilines is 2. The average molecular weight is 338 g/mol. The molecule has 25 heavy (non-hydrogen) atoms. The molecule has 1 saturated heterocycles. The molecule has 1 aliphatic rings. The SMILES string of the molecule is Cc1ccnc(NC(=O)NC2CC(=O)N(c3ccc(C)c(C)c3)C2)c1. The maximum Gasteiger partial charge on any atom is 0.320 e. The summed E-state index contributed by atoms with van der Waals surface area (Å²) in [5, 5.41) is 5.56. The van der Waals surface area contributed by atoms with Gasteiger partial charge in [0.1, 0.15) is 5.82 Å². The van der Waals surface area contributed by atoms with E-state index in [9.17, 15) is 9.59 Å². The first-order chi connectivity index (χ1) is 11.9. The minimum absolute atomic E-state index is 0.0160. The molecular weight excluding hydrogens is 316 g/mol. The Bertz CT molecular complexity index is 819. The molecule has 0 saturated carbocycles. The lowest BCUT2D eigenvalue weighted by molar-refractivity contribution is -0.117. The van der Waals surface area contributed by atoms with Crippen LogP contribution in [0, 0.1) is 20.8 Å². The van der Waals surface area contributed by atoms with Gasteiger partial charge in [0, 0.05) is 24.8 Å². The van der Waals surface area contributed by atoms with Crippen LogP contribution in [0.2, 0.25) is 0 Å². The highest BCUT2D eigenvalue weighted by Gasteiger charge is 2.31. The molecule has 1 aliphatic heterocycles. The number of amides is 3. The van der Waals surface area contributed by atoms with Crippen molar-refractivity contribution in [1.29, 1.82) is 0 Å². The number of nitrogens with one attached hydrogen (secondary N) is 2. The first-order valence-electron chi connectivity index (χ1n) is 8.30. The van der Waals surface area contributed by atoms with E-state index < -0.39 is 0 Å². The molecule has 2 aromatic rings. The standard InChI is InChI=1S/C19H22N4O2/c1-12-6-7-20-17(8-12)22-19(25)21-15-10-18(24)23(11-15)16-5-4-13(2)14(3)9-16/h4-9,15H,10-11H2,1-3H3,(H2,20,21,22,25). The molecular formula is C19H22N4O2. The van der Waals surface area contributed by atoms with Crippen molar-refractivity contribution in [2.45, 2.75) is 33.2 Å². The number of benzene rings is 1. The van der Waals surface area contributed by atoms with Crippen molar-refractivity contribution in [1.82, 2.24) is 10.3 Å². The lowest BCUT2D eigenvalue weighted by Gasteiger charge is -2.18. The van der Waals surface area contributed by atoms with Gasteiger partial charge < -0.3 is 10.2 Å². The summed E-state index contributed by atoms with van der Waals surface area (Å²) < 4.78 is 0. The summed E-state index contributed by atoms with van der Waals surface area (Å²) in [6.07, 6.45) is 1.94. The van der Waals surface area contributed by atoms with Gasteiger partial charge in [0.25, 0.3) is 0 Å². The van der Waals surface area contributed by atoms with E-state index in [1.165, 1.54) is 5.56 Å². The number of rotatable bonds is 3. The molecule has 1 aromatic carbocycles. The Kier molecular flexibility index (Phi) is 4.70. The number of carbonyl (C=O) groups is 2. The minimum Gasteiger partial charge on any atom is -0.333 e. The van der Waals surface area contributed by atoms with Crippen molar-refractivity contribution in [2.24, 2.45) is 0 Å². The second-order valence-electron chi connectivity index (χ2n) is 6.49. The molecule has 0 radical (unpaired) electrons. The van der Waals surface area contributed by atoms with E-state index in [-0.39, 0.29) is 18.0 Å². The molecule has 6 nitrogen and oxygen atoms in total. The van der Waals surface area contributed by atoms with E-state index in [0.717, 1.165) is 16.8 Å². The van der Waals surface area contributed by atoms with Gasteiger partial charge in [0.05, 0.1) is 6.04 Å². The fraction of sp³-hybridized carbons (Fsp3) is 0.316. The van der Waals surface area contributed by atoms with Crippen molar-refractivity contribution >= 4 is 23.4 Å². The zero-order valence-electron chi connectivity index (χ0n) is 14.7. The number of pyridine rings is 1. The molecule has 130 valence electrons. The number of urea groups is 1. The zero-order valence-corrected chi connectivity index (χ0v) is 14.7. The monoisotopic (exact) mass is 338 g/mol. The van der Waals surface area contributed by atoms with Crippen LogP contribution in [0.15, 0.2) is 36.5 Å². The Labute approximate surface area is 147 Å². The largest absolute Gasteiger partial charge is 0.333 e. The van der Waals surface area contributed by atoms with Crippen LogP contribution in [0.4, 0.5) is 16.3 Å². The first-order valence-corrected chi connectivity index (χ1v) is 8.30. The predicted octanol–water partition coefficient (Wildman–Crippen LogP) is 2.93. The summed E-state index contributed by atoms with van der Waals surface area (Å²) in [5.41, 5.74) is 4.22. The van der Waals surface area contributed by atoms with E-state index in [4.69, 9.17) is 0 Å². The van der Waals surface area contributed by atoms with Crippen LogP contribution in [-0.2, 0) is 4.79 Å². The Morgan fingerprint density at radius 3 is 2.68 bits per heavy atom. The second-order valence-corrected chi connectivity index (χ2v) is 6.49. The van der Waals surface area contributed by atoms with Gasteiger partial charge >= 0.3 is 6.03 Å². The predicted molar refractivity (Wildman–Crippen MR) is 97.8 cm³/mol. The number of nitrogens with zero attached hydrogens (tertiary/aromatic N) is 2. The number of aromatic nitrogens is 1. The second kappa shape index (κ2) is 6.93. The number of hydrogen-bond donors (Lipinski definition) is 2. The Morgan fingerprint density at radius 1 is 1.16 bits per heavy atom. The topological polar surface area (TPSA) is 74.3 Å². The van der Waals surface area contributed by atoms with Crippen LogP contribution in [0.25, 0.3) is 0 Å². The third-order valence-electron chi connectivity index (χ3n) is 4.42. The van der Waals surface area contributed by atoms with Crippen molar-refractivity contribution in [3.8, 4) is 0 Å². The van der Waals surface area contributed by atoms with Crippen LogP contribution in [0.1, 0.15) is 23.1 Å². The summed E-state index contributed by atoms with van der Waals surface area (Å²) in [7, 11) is 0. The zero-order chi connectivity index (χ0) is 18.0. The summed E-state index contributed by atoms with van der Waals surface area (Å²) in [4.78, 5) is 30.3. The third-order valence-corrected chi connectivity index (χ3v) is 4.42. The van der Waals surface area contributed by atoms with E-state index in [2.05, 4.69) is 15.6 Å². The molecule has 0 aliphatic carbocycles. The molecule has 6 heteroatoms. The van der Waals surface area contributed by atoms with Crippen molar-refractivity contribution in [3.05, 3.63) is 53.2 Å². The van der Waals surface area contributed by atoms with Crippen LogP contribution >= 0.6 is 0 Å². The number of aryl methyl sites for hydroxylation is 3. The van der Waals surface area contributed by atoms with Gasteiger partial charge in [-0.1, -0.05) is 6.07 Å². The molecule has 1 unspecified atom stereocenters. The van der Waals surface area contributed by atoms with Gasteiger partial charge in [-0.2, -0.15) is 0 Å². The number of carbonyl (C=O) groups excluding carboxylic acids is 2. The van der Waals surface area contributed by atoms with Crippen LogP contribution in [0.5, 0.6) is 0 Å². The lowest BCUT2D eigenvalue weighted by atomic mass is 10.1. The fourth-order valence-corrected chi connectivity index (χ4v) is 2.89. The third kappa shape index (κ3) is 3.96. The molecule has 2 heterocycles. The Balaban J connectivity index is 1.62. The molecule has 0 spiro atoms. The van der Waals surface area contributed by atoms with Gasteiger partial charge in [0.15, 0.2) is 0 Å². The fourth-order valence-electron chi connectivity index (χ4n) is 2.89. The van der Waals surface area contributed by atoms with E-state index in [0.29, 0.717) is 18.8 Å².